The van der Waals surface area contributed by atoms with Crippen molar-refractivity contribution in [3.05, 3.63) is 109 Å². The zero-order valence-corrected chi connectivity index (χ0v) is 13.8. The monoisotopic (exact) mass is 371 g/mol. The number of rotatable bonds is 0. The van der Waals surface area contributed by atoms with Crippen molar-refractivity contribution < 1.29 is 41.7 Å². The molecule has 0 saturated heterocycles. The molecule has 0 unspecified atom stereocenters. The predicted octanol–water partition coefficient (Wildman–Crippen LogP) is 4.46. The zero-order valence-electron chi connectivity index (χ0n) is 10.7. The molecule has 1 radical (unpaired) electrons. The predicted molar refractivity (Wildman–Crippen MR) is 75.8 cm³/mol. The average Bonchev–Trinajstić information content (AvgIpc) is 2.54. The summed E-state index contributed by atoms with van der Waals surface area (Å²) in [5.41, 5.74) is 0. The molecule has 3 rings (SSSR count). The Hall–Kier alpha value is -0.963. The van der Waals surface area contributed by atoms with Gasteiger partial charge in [0.1, 0.15) is 0 Å². The molecule has 0 N–H and O–H groups in total. The van der Waals surface area contributed by atoms with Crippen molar-refractivity contribution in [2.75, 3.05) is 0 Å². The summed E-state index contributed by atoms with van der Waals surface area (Å²) in [5, 5.41) is 0. The quantitative estimate of drug-likeness (QED) is 0.512. The second kappa shape index (κ2) is 15.1. The summed E-state index contributed by atoms with van der Waals surface area (Å²) in [5.74, 6) is 0. The van der Waals surface area contributed by atoms with E-state index in [9.17, 15) is 0 Å². The minimum Gasteiger partial charge on any atom is -0.184 e. The van der Waals surface area contributed by atoms with Crippen LogP contribution < -0.4 is 0 Å². The van der Waals surface area contributed by atoms with E-state index >= 15 is 0 Å². The van der Waals surface area contributed by atoms with Crippen molar-refractivity contribution in [3.8, 4) is 0 Å². The van der Waals surface area contributed by atoms with Gasteiger partial charge in [0.05, 0.1) is 0 Å². The topological polar surface area (TPSA) is 0 Å². The molecule has 1 heteroatoms. The van der Waals surface area contributed by atoms with E-state index < -0.39 is 0 Å². The summed E-state index contributed by atoms with van der Waals surface area (Å²) in [7, 11) is 0. The molecule has 0 atom stereocenters. The maximum absolute atomic E-state index is 2.89. The minimum atomic E-state index is 0. The first-order valence-corrected chi connectivity index (χ1v) is 5.73. The van der Waals surface area contributed by atoms with Crippen molar-refractivity contribution in [1.29, 1.82) is 0 Å². The third-order valence-corrected chi connectivity index (χ3v) is 1.82. The molecule has 3 aromatic carbocycles. The standard InChI is InChI=1S/3C6H5.Ce/c3*1-2-4-6-5-3-1;/h3*1-5H;/q3*-1;+3. The maximum Gasteiger partial charge on any atom is 3.00 e. The van der Waals surface area contributed by atoms with E-state index in [1.165, 1.54) is 0 Å². The Morgan fingerprint density at radius 1 is 0.316 bits per heavy atom. The third-order valence-electron chi connectivity index (χ3n) is 1.82. The molecule has 0 aliphatic heterocycles. The van der Waals surface area contributed by atoms with Gasteiger partial charge in [-0.15, -0.1) is 0 Å². The number of hydrogen-bond acceptors (Lipinski definition) is 0. The Morgan fingerprint density at radius 3 is 0.579 bits per heavy atom. The van der Waals surface area contributed by atoms with Gasteiger partial charge in [0.25, 0.3) is 0 Å². The van der Waals surface area contributed by atoms with Crippen LogP contribution in [0.3, 0.4) is 0 Å². The fourth-order valence-corrected chi connectivity index (χ4v) is 1.03. The van der Waals surface area contributed by atoms with Crippen LogP contribution in [-0.2, 0) is 0 Å². The average molecular weight is 371 g/mol. The fourth-order valence-electron chi connectivity index (χ4n) is 1.03. The molecule has 0 amide bonds. The van der Waals surface area contributed by atoms with Gasteiger partial charge in [-0.2, -0.15) is 109 Å². The van der Waals surface area contributed by atoms with Crippen molar-refractivity contribution in [1.82, 2.24) is 0 Å². The van der Waals surface area contributed by atoms with Gasteiger partial charge in [0, 0.05) is 0 Å². The molecule has 0 nitrogen and oxygen atoms in total. The fraction of sp³-hybridized carbons (Fsp3) is 0. The van der Waals surface area contributed by atoms with Crippen LogP contribution in [0.25, 0.3) is 0 Å². The zero-order chi connectivity index (χ0) is 12.7. The van der Waals surface area contributed by atoms with Crippen LogP contribution >= 0.6 is 0 Å². The van der Waals surface area contributed by atoms with Gasteiger partial charge in [0.2, 0.25) is 0 Å². The maximum atomic E-state index is 2.89. The van der Waals surface area contributed by atoms with Gasteiger partial charge in [0.15, 0.2) is 0 Å². The third kappa shape index (κ3) is 13.3. The molecule has 91 valence electrons. The Morgan fingerprint density at radius 2 is 0.526 bits per heavy atom. The molecule has 0 spiro atoms. The normalized spacial score (nSPS) is 7.58. The largest absolute Gasteiger partial charge is 3.00 e. The van der Waals surface area contributed by atoms with Crippen molar-refractivity contribution in [2.45, 2.75) is 0 Å². The van der Waals surface area contributed by atoms with Gasteiger partial charge >= 0.3 is 41.7 Å². The minimum absolute atomic E-state index is 0. The number of hydrogen-bond donors (Lipinski definition) is 0. The van der Waals surface area contributed by atoms with Gasteiger partial charge in [-0.1, -0.05) is 0 Å². The molecule has 0 heterocycles. The van der Waals surface area contributed by atoms with E-state index in [1.54, 1.807) is 0 Å². The molecule has 0 fully saturated rings. The summed E-state index contributed by atoms with van der Waals surface area (Å²) in [6, 6.07) is 37.5. The summed E-state index contributed by atoms with van der Waals surface area (Å²) < 4.78 is 0. The van der Waals surface area contributed by atoms with E-state index in [1.807, 2.05) is 91.0 Å². The van der Waals surface area contributed by atoms with Gasteiger partial charge in [-0.05, 0) is 0 Å². The van der Waals surface area contributed by atoms with Crippen LogP contribution in [0, 0.1) is 59.9 Å². The molecule has 0 aliphatic rings. The Labute approximate surface area is 149 Å². The molecular weight excluding hydrogens is 356 g/mol. The van der Waals surface area contributed by atoms with E-state index in [-0.39, 0.29) is 41.7 Å². The molecule has 3 aromatic rings. The van der Waals surface area contributed by atoms with E-state index in [2.05, 4.69) is 18.2 Å². The van der Waals surface area contributed by atoms with Crippen LogP contribution in [0.5, 0.6) is 0 Å². The first-order chi connectivity index (χ1) is 9.00. The van der Waals surface area contributed by atoms with Crippen molar-refractivity contribution >= 4 is 0 Å². The molecule has 0 aliphatic carbocycles. The van der Waals surface area contributed by atoms with Crippen molar-refractivity contribution in [2.24, 2.45) is 0 Å². The summed E-state index contributed by atoms with van der Waals surface area (Å²) in [6.45, 7) is 0. The Balaban J connectivity index is 0.000000249. The van der Waals surface area contributed by atoms with E-state index in [0.29, 0.717) is 0 Å². The van der Waals surface area contributed by atoms with Gasteiger partial charge in [-0.25, -0.2) is 0 Å². The second-order valence-corrected chi connectivity index (χ2v) is 3.23. The van der Waals surface area contributed by atoms with Crippen LogP contribution in [0.15, 0.2) is 91.0 Å². The number of benzene rings is 3. The Kier molecular flexibility index (Phi) is 14.3. The Bertz CT molecular complexity index is 296. The van der Waals surface area contributed by atoms with Crippen LogP contribution in [0.2, 0.25) is 0 Å². The van der Waals surface area contributed by atoms with Crippen molar-refractivity contribution in [3.63, 3.8) is 0 Å². The molecule has 0 saturated carbocycles. The van der Waals surface area contributed by atoms with Gasteiger partial charge < -0.3 is 0 Å². The summed E-state index contributed by atoms with van der Waals surface area (Å²) >= 11 is 0. The van der Waals surface area contributed by atoms with Crippen LogP contribution in [0.1, 0.15) is 0 Å². The molecule has 19 heavy (non-hydrogen) atoms. The second-order valence-electron chi connectivity index (χ2n) is 3.23. The summed E-state index contributed by atoms with van der Waals surface area (Å²) in [6.07, 6.45) is 0. The first kappa shape index (κ1) is 18.0. The molecular formula is C18H15Ce. The van der Waals surface area contributed by atoms with Crippen LogP contribution in [-0.4, -0.2) is 0 Å². The van der Waals surface area contributed by atoms with Gasteiger partial charge in [-0.3, -0.25) is 0 Å². The van der Waals surface area contributed by atoms with Crippen LogP contribution in [0.4, 0.5) is 0 Å². The van der Waals surface area contributed by atoms with E-state index in [0.717, 1.165) is 0 Å². The first-order valence-electron chi connectivity index (χ1n) is 5.73. The smallest absolute Gasteiger partial charge is 0.184 e. The molecule has 0 aromatic heterocycles. The summed E-state index contributed by atoms with van der Waals surface area (Å²) in [4.78, 5) is 0. The molecule has 0 bridgehead atoms. The van der Waals surface area contributed by atoms with E-state index in [4.69, 9.17) is 0 Å². The SMILES string of the molecule is [Ce+3].[c-]1ccccc1.[c-]1ccccc1.[c-]1ccccc1.